The first-order chi connectivity index (χ1) is 13.5. The third kappa shape index (κ3) is 3.93. The molecule has 0 atom stereocenters. The normalized spacial score (nSPS) is 11.1. The van der Waals surface area contributed by atoms with E-state index in [0.717, 1.165) is 17.3 Å². The summed E-state index contributed by atoms with van der Waals surface area (Å²) in [6, 6.07) is 11.3. The molecule has 142 valence electrons. The molecule has 11 heteroatoms. The van der Waals surface area contributed by atoms with Crippen LogP contribution in [0.2, 0.25) is 5.02 Å². The number of rotatable bonds is 5. The van der Waals surface area contributed by atoms with E-state index in [2.05, 4.69) is 20.5 Å². The molecule has 0 bridgehead atoms. The second kappa shape index (κ2) is 7.74. The van der Waals surface area contributed by atoms with E-state index in [1.54, 1.807) is 30.3 Å². The number of carbonyl (C=O) groups is 1. The van der Waals surface area contributed by atoms with Crippen LogP contribution in [-0.2, 0) is 4.79 Å². The maximum atomic E-state index is 13.3. The van der Waals surface area contributed by atoms with Gasteiger partial charge in [0.2, 0.25) is 11.1 Å². The summed E-state index contributed by atoms with van der Waals surface area (Å²) < 4.78 is 15.2. The van der Waals surface area contributed by atoms with Gasteiger partial charge >= 0.3 is 0 Å². The molecule has 0 radical (unpaired) electrons. The van der Waals surface area contributed by atoms with Gasteiger partial charge in [0.25, 0.3) is 0 Å². The Bertz CT molecular complexity index is 1160. The van der Waals surface area contributed by atoms with Crippen LogP contribution in [0.4, 0.5) is 9.52 Å². The second-order valence-electron chi connectivity index (χ2n) is 5.65. The van der Waals surface area contributed by atoms with Crippen LogP contribution in [-0.4, -0.2) is 31.5 Å². The van der Waals surface area contributed by atoms with Gasteiger partial charge in [0.15, 0.2) is 11.0 Å². The fourth-order valence-corrected chi connectivity index (χ4v) is 4.10. The van der Waals surface area contributed by atoms with Crippen LogP contribution in [0.15, 0.2) is 47.6 Å². The van der Waals surface area contributed by atoms with Crippen LogP contribution >= 0.6 is 34.7 Å². The Hall–Kier alpha value is -2.69. The lowest BCUT2D eigenvalue weighted by molar-refractivity contribution is -0.113. The van der Waals surface area contributed by atoms with Gasteiger partial charge in [-0.2, -0.15) is 0 Å². The number of thiazole rings is 1. The van der Waals surface area contributed by atoms with E-state index in [-0.39, 0.29) is 17.5 Å². The van der Waals surface area contributed by atoms with E-state index in [4.69, 9.17) is 17.4 Å². The number of nitrogens with two attached hydrogens (primary N) is 1. The summed E-state index contributed by atoms with van der Waals surface area (Å²) in [6.45, 7) is 0. The van der Waals surface area contributed by atoms with Gasteiger partial charge in [-0.15, -0.1) is 10.2 Å². The topological polar surface area (TPSA) is 98.7 Å². The average Bonchev–Trinajstić information content (AvgIpc) is 3.23. The Labute approximate surface area is 171 Å². The zero-order chi connectivity index (χ0) is 19.7. The molecule has 2 heterocycles. The zero-order valence-electron chi connectivity index (χ0n) is 14.1. The number of nitrogens with one attached hydrogen (secondary N) is 1. The van der Waals surface area contributed by atoms with Crippen LogP contribution in [0.1, 0.15) is 0 Å². The Morgan fingerprint density at radius 2 is 2.04 bits per heavy atom. The molecule has 0 unspecified atom stereocenters. The summed E-state index contributed by atoms with van der Waals surface area (Å²) in [6.07, 6.45) is 0. The molecule has 4 aromatic rings. The first-order valence-corrected chi connectivity index (χ1v) is 10.1. The smallest absolute Gasteiger partial charge is 0.236 e. The van der Waals surface area contributed by atoms with Crippen molar-refractivity contribution in [1.29, 1.82) is 0 Å². The van der Waals surface area contributed by atoms with Gasteiger partial charge in [0.05, 0.1) is 16.0 Å². The molecule has 4 rings (SSSR count). The lowest BCUT2D eigenvalue weighted by atomic mass is 10.2. The molecule has 0 aliphatic rings. The van der Waals surface area contributed by atoms with E-state index < -0.39 is 0 Å². The van der Waals surface area contributed by atoms with Gasteiger partial charge in [0, 0.05) is 10.6 Å². The average molecular weight is 435 g/mol. The molecule has 0 aliphatic carbocycles. The van der Waals surface area contributed by atoms with Gasteiger partial charge in [-0.05, 0) is 42.5 Å². The summed E-state index contributed by atoms with van der Waals surface area (Å²) in [4.78, 5) is 16.5. The minimum atomic E-state index is -0.344. The van der Waals surface area contributed by atoms with Crippen molar-refractivity contribution in [2.45, 2.75) is 5.16 Å². The summed E-state index contributed by atoms with van der Waals surface area (Å²) in [5, 5.41) is 12.2. The molecule has 3 N–H and O–H groups in total. The van der Waals surface area contributed by atoms with Crippen molar-refractivity contribution < 1.29 is 9.18 Å². The van der Waals surface area contributed by atoms with Crippen molar-refractivity contribution in [2.24, 2.45) is 0 Å². The number of fused-ring (bicyclic) bond motifs is 1. The highest BCUT2D eigenvalue weighted by atomic mass is 35.5. The van der Waals surface area contributed by atoms with Crippen molar-refractivity contribution in [3.05, 3.63) is 53.3 Å². The molecule has 0 fully saturated rings. The van der Waals surface area contributed by atoms with E-state index in [9.17, 15) is 9.18 Å². The fraction of sp³-hybridized carbons (Fsp3) is 0.0588. The lowest BCUT2D eigenvalue weighted by Gasteiger charge is -2.04. The van der Waals surface area contributed by atoms with Crippen molar-refractivity contribution >= 4 is 56.0 Å². The molecule has 28 heavy (non-hydrogen) atoms. The number of hydrogen-bond donors (Lipinski definition) is 2. The van der Waals surface area contributed by atoms with Crippen molar-refractivity contribution in [2.75, 3.05) is 16.9 Å². The molecule has 7 nitrogen and oxygen atoms in total. The maximum absolute atomic E-state index is 13.3. The largest absolute Gasteiger partial charge is 0.335 e. The van der Waals surface area contributed by atoms with Crippen LogP contribution in [0.3, 0.4) is 0 Å². The third-order valence-corrected chi connectivity index (χ3v) is 5.82. The van der Waals surface area contributed by atoms with E-state index >= 15 is 0 Å². The Morgan fingerprint density at radius 3 is 2.82 bits per heavy atom. The first kappa shape index (κ1) is 18.7. The molecule has 2 aromatic carbocycles. The predicted octanol–water partition coefficient (Wildman–Crippen LogP) is 3.79. The van der Waals surface area contributed by atoms with E-state index in [1.807, 2.05) is 0 Å². The fourth-order valence-electron chi connectivity index (χ4n) is 2.41. The number of halogens is 2. The van der Waals surface area contributed by atoms with Gasteiger partial charge in [0.1, 0.15) is 5.82 Å². The molecule has 0 spiro atoms. The summed E-state index contributed by atoms with van der Waals surface area (Å²) in [5.74, 6) is 5.95. The number of aromatic nitrogens is 4. The maximum Gasteiger partial charge on any atom is 0.236 e. The van der Waals surface area contributed by atoms with Crippen LogP contribution in [0.25, 0.3) is 21.6 Å². The highest BCUT2D eigenvalue weighted by Gasteiger charge is 2.15. The number of nitrogens with zero attached hydrogens (tertiary/aromatic N) is 4. The lowest BCUT2D eigenvalue weighted by Crippen LogP contribution is -2.16. The van der Waals surface area contributed by atoms with Gasteiger partial charge in [-0.1, -0.05) is 34.7 Å². The minimum absolute atomic E-state index is 0.0697. The molecule has 0 aliphatic heterocycles. The number of thioether (sulfide) groups is 1. The van der Waals surface area contributed by atoms with Gasteiger partial charge < -0.3 is 11.2 Å². The molecule has 2 aromatic heterocycles. The number of carbonyl (C=O) groups excluding carboxylic acids is 1. The zero-order valence-corrected chi connectivity index (χ0v) is 16.5. The summed E-state index contributed by atoms with van der Waals surface area (Å²) in [7, 11) is 0. The van der Waals surface area contributed by atoms with Crippen molar-refractivity contribution in [3.63, 3.8) is 0 Å². The van der Waals surface area contributed by atoms with Crippen molar-refractivity contribution in [3.8, 4) is 11.4 Å². The molecule has 0 saturated heterocycles. The Morgan fingerprint density at radius 1 is 1.25 bits per heavy atom. The number of benzene rings is 2. The number of amides is 1. The third-order valence-electron chi connectivity index (χ3n) is 3.70. The van der Waals surface area contributed by atoms with Crippen LogP contribution in [0.5, 0.6) is 0 Å². The highest BCUT2D eigenvalue weighted by molar-refractivity contribution is 7.99. The van der Waals surface area contributed by atoms with Crippen molar-refractivity contribution in [1.82, 2.24) is 19.9 Å². The van der Waals surface area contributed by atoms with Crippen LogP contribution in [0, 0.1) is 5.82 Å². The number of anilines is 1. The summed E-state index contributed by atoms with van der Waals surface area (Å²) in [5.41, 5.74) is 1.39. The van der Waals surface area contributed by atoms with Crippen LogP contribution < -0.4 is 11.2 Å². The summed E-state index contributed by atoms with van der Waals surface area (Å²) >= 11 is 8.23. The minimum Gasteiger partial charge on any atom is -0.335 e. The van der Waals surface area contributed by atoms with Gasteiger partial charge in [-0.25, -0.2) is 14.1 Å². The monoisotopic (exact) mass is 434 g/mol. The molecule has 1 amide bonds. The Balaban J connectivity index is 1.41. The first-order valence-electron chi connectivity index (χ1n) is 7.95. The predicted molar refractivity (Wildman–Crippen MR) is 110 cm³/mol. The quantitative estimate of drug-likeness (QED) is 0.366. The molecular weight excluding hydrogens is 423 g/mol. The molecule has 0 saturated carbocycles. The van der Waals surface area contributed by atoms with E-state index in [1.165, 1.54) is 28.1 Å². The second-order valence-corrected chi connectivity index (χ2v) is 8.06. The SMILES string of the molecule is Nn1c(SCC(=O)Nc2nc3ccc(F)cc3s2)nnc1-c1ccc(Cl)cc1. The molecular formula is C17H12ClFN6OS2. The Kier molecular flexibility index (Phi) is 5.16. The number of hydrogen-bond acceptors (Lipinski definition) is 7. The van der Waals surface area contributed by atoms with Gasteiger partial charge in [-0.3, -0.25) is 4.79 Å². The number of nitrogen functional groups attached to an aromatic ring is 1. The standard InChI is InChI=1S/C17H12ClFN6OS2/c18-10-3-1-9(2-4-10)15-23-24-17(25(15)20)27-8-14(26)22-16-21-12-6-5-11(19)7-13(12)28-16/h1-7H,8,20H2,(H,21,22,26). The highest BCUT2D eigenvalue weighted by Crippen LogP contribution is 2.27. The van der Waals surface area contributed by atoms with E-state index in [0.29, 0.717) is 31.4 Å².